The van der Waals surface area contributed by atoms with E-state index in [1.165, 1.54) is 48.8 Å². The van der Waals surface area contributed by atoms with Crippen LogP contribution in [0.25, 0.3) is 0 Å². The molecule has 0 fully saturated rings. The van der Waals surface area contributed by atoms with Gasteiger partial charge in [0.25, 0.3) is 0 Å². The molecule has 1 heterocycles. The first kappa shape index (κ1) is 14.1. The summed E-state index contributed by atoms with van der Waals surface area (Å²) in [6.07, 6.45) is 19.2. The molecule has 0 amide bonds. The Morgan fingerprint density at radius 2 is 2.00 bits per heavy atom. The predicted molar refractivity (Wildman–Crippen MR) is 88.2 cm³/mol. The molecule has 2 aliphatic carbocycles. The highest BCUT2D eigenvalue weighted by molar-refractivity contribution is 5.47. The Morgan fingerprint density at radius 1 is 1.10 bits per heavy atom. The van der Waals surface area contributed by atoms with Crippen molar-refractivity contribution in [3.05, 3.63) is 64.8 Å². The van der Waals surface area contributed by atoms with E-state index in [-0.39, 0.29) is 0 Å². The van der Waals surface area contributed by atoms with Gasteiger partial charge in [-0.25, -0.2) is 4.98 Å². The average Bonchev–Trinajstić information content (AvgIpc) is 2.85. The van der Waals surface area contributed by atoms with Crippen molar-refractivity contribution in [2.75, 3.05) is 0 Å². The molecule has 1 atom stereocenters. The number of hydrogen-bond acceptors (Lipinski definition) is 1. The van der Waals surface area contributed by atoms with Gasteiger partial charge in [-0.15, -0.1) is 0 Å². The summed E-state index contributed by atoms with van der Waals surface area (Å²) in [4.78, 5) is 8.08. The molecular weight excluding hydrogens is 256 g/mol. The molecule has 110 valence electrons. The van der Waals surface area contributed by atoms with Crippen LogP contribution >= 0.6 is 0 Å². The fourth-order valence-corrected chi connectivity index (χ4v) is 3.40. The van der Waals surface area contributed by atoms with E-state index in [2.05, 4.69) is 54.2 Å². The van der Waals surface area contributed by atoms with E-state index in [4.69, 9.17) is 0 Å². The molecule has 2 aliphatic rings. The summed E-state index contributed by atoms with van der Waals surface area (Å²) >= 11 is 0. The number of nitrogens with one attached hydrogen (secondary N) is 1. The van der Waals surface area contributed by atoms with Crippen molar-refractivity contribution in [2.45, 2.75) is 51.9 Å². The van der Waals surface area contributed by atoms with E-state index >= 15 is 0 Å². The van der Waals surface area contributed by atoms with Crippen molar-refractivity contribution >= 4 is 0 Å². The topological polar surface area (TPSA) is 28.7 Å². The molecule has 1 aromatic rings. The summed E-state index contributed by atoms with van der Waals surface area (Å²) in [6.45, 7) is 4.32. The first-order valence-electron chi connectivity index (χ1n) is 8.02. The highest BCUT2D eigenvalue weighted by atomic mass is 14.9. The molecule has 1 aromatic heterocycles. The smallest absolute Gasteiger partial charge is 0.113 e. The number of allylic oxidation sites excluding steroid dienone is 8. The van der Waals surface area contributed by atoms with E-state index < -0.39 is 0 Å². The van der Waals surface area contributed by atoms with Gasteiger partial charge in [-0.3, -0.25) is 0 Å². The minimum atomic E-state index is 0.403. The molecule has 21 heavy (non-hydrogen) atoms. The average molecular weight is 280 g/mol. The van der Waals surface area contributed by atoms with Gasteiger partial charge in [0.2, 0.25) is 0 Å². The Balaban J connectivity index is 2.09. The molecule has 1 N–H and O–H groups in total. The van der Waals surface area contributed by atoms with Crippen LogP contribution in [0.5, 0.6) is 0 Å². The van der Waals surface area contributed by atoms with Crippen molar-refractivity contribution < 1.29 is 0 Å². The van der Waals surface area contributed by atoms with E-state index in [0.717, 1.165) is 11.5 Å². The van der Waals surface area contributed by atoms with Crippen LogP contribution in [0.2, 0.25) is 0 Å². The Hall–Kier alpha value is -1.83. The third-order valence-electron chi connectivity index (χ3n) is 4.52. The fourth-order valence-electron chi connectivity index (χ4n) is 3.40. The van der Waals surface area contributed by atoms with Crippen LogP contribution in [-0.2, 0) is 0 Å². The van der Waals surface area contributed by atoms with Gasteiger partial charge in [0, 0.05) is 17.8 Å². The van der Waals surface area contributed by atoms with Crippen LogP contribution in [-0.4, -0.2) is 9.97 Å². The molecule has 1 unspecified atom stereocenters. The van der Waals surface area contributed by atoms with Crippen LogP contribution in [0.1, 0.15) is 56.5 Å². The second-order valence-corrected chi connectivity index (χ2v) is 6.13. The zero-order valence-electron chi connectivity index (χ0n) is 13.0. The summed E-state index contributed by atoms with van der Waals surface area (Å²) < 4.78 is 0. The maximum Gasteiger partial charge on any atom is 0.113 e. The highest BCUT2D eigenvalue weighted by Gasteiger charge is 2.23. The highest BCUT2D eigenvalue weighted by Crippen LogP contribution is 2.37. The van der Waals surface area contributed by atoms with Crippen LogP contribution < -0.4 is 0 Å². The second kappa shape index (κ2) is 6.30. The number of aromatic amines is 1. The normalized spacial score (nSPS) is 23.0. The van der Waals surface area contributed by atoms with Gasteiger partial charge in [0.05, 0.1) is 0 Å². The quantitative estimate of drug-likeness (QED) is 0.758. The standard InChI is InChI=1S/C19H24N2/c1-14-9-5-3-7-11-17-16(14)10-6-4-8-12-18(17)19-20-13-15(2)21-19/h3,5,7,9,11,13,18H,4,6,8,10,12H2,1-2H3,(H,20,21). The van der Waals surface area contributed by atoms with E-state index in [1.807, 2.05) is 6.20 Å². The Kier molecular flexibility index (Phi) is 4.23. The summed E-state index contributed by atoms with van der Waals surface area (Å²) in [5.74, 6) is 1.53. The van der Waals surface area contributed by atoms with Crippen molar-refractivity contribution in [3.63, 3.8) is 0 Å². The SMILES string of the molecule is CC1=CC=CC=CC2=C1CCCCCC2c1ncc(C)[nH]1. The second-order valence-electron chi connectivity index (χ2n) is 6.13. The van der Waals surface area contributed by atoms with Gasteiger partial charge in [-0.05, 0) is 49.8 Å². The predicted octanol–water partition coefficient (Wildman–Crippen LogP) is 5.13. The molecule has 0 bridgehead atoms. The van der Waals surface area contributed by atoms with Gasteiger partial charge in [-0.1, -0.05) is 43.2 Å². The summed E-state index contributed by atoms with van der Waals surface area (Å²) in [7, 11) is 0. The summed E-state index contributed by atoms with van der Waals surface area (Å²) in [5, 5.41) is 0. The number of imidazole rings is 1. The maximum atomic E-state index is 4.62. The first-order valence-corrected chi connectivity index (χ1v) is 8.02. The zero-order chi connectivity index (χ0) is 14.7. The number of nitrogens with zero attached hydrogens (tertiary/aromatic N) is 1. The summed E-state index contributed by atoms with van der Waals surface area (Å²) in [6, 6.07) is 0. The molecule has 0 aromatic carbocycles. The van der Waals surface area contributed by atoms with Gasteiger partial charge < -0.3 is 4.98 Å². The van der Waals surface area contributed by atoms with Gasteiger partial charge in [0.15, 0.2) is 0 Å². The molecule has 0 spiro atoms. The molecular formula is C19H24N2. The zero-order valence-corrected chi connectivity index (χ0v) is 13.0. The van der Waals surface area contributed by atoms with E-state index in [0.29, 0.717) is 5.92 Å². The van der Waals surface area contributed by atoms with Gasteiger partial charge >= 0.3 is 0 Å². The number of rotatable bonds is 1. The lowest BCUT2D eigenvalue weighted by atomic mass is 9.81. The third-order valence-corrected chi connectivity index (χ3v) is 4.52. The fraction of sp³-hybridized carbons (Fsp3) is 0.421. The number of aryl methyl sites for hydroxylation is 1. The van der Waals surface area contributed by atoms with Crippen LogP contribution in [0.4, 0.5) is 0 Å². The Morgan fingerprint density at radius 3 is 2.81 bits per heavy atom. The van der Waals surface area contributed by atoms with Gasteiger partial charge in [0.1, 0.15) is 5.82 Å². The summed E-state index contributed by atoms with van der Waals surface area (Å²) in [5.41, 5.74) is 5.54. The van der Waals surface area contributed by atoms with Crippen LogP contribution in [0.15, 0.2) is 53.3 Å². The molecule has 0 saturated carbocycles. The Labute approximate surface area is 127 Å². The van der Waals surface area contributed by atoms with Gasteiger partial charge in [-0.2, -0.15) is 0 Å². The third kappa shape index (κ3) is 3.10. The largest absolute Gasteiger partial charge is 0.346 e. The molecule has 0 aliphatic heterocycles. The van der Waals surface area contributed by atoms with Crippen LogP contribution in [0, 0.1) is 6.92 Å². The number of H-pyrrole nitrogens is 1. The lowest BCUT2D eigenvalue weighted by molar-refractivity contribution is 0.563. The minimum absolute atomic E-state index is 0.403. The Bertz CT molecular complexity index is 626. The van der Waals surface area contributed by atoms with Crippen molar-refractivity contribution in [1.29, 1.82) is 0 Å². The number of hydrogen-bond donors (Lipinski definition) is 1. The molecule has 0 radical (unpaired) electrons. The number of aromatic nitrogens is 2. The lowest BCUT2D eigenvalue weighted by Gasteiger charge is -2.24. The molecule has 2 nitrogen and oxygen atoms in total. The molecule has 0 saturated heterocycles. The molecule has 3 rings (SSSR count). The van der Waals surface area contributed by atoms with Crippen molar-refractivity contribution in [3.8, 4) is 0 Å². The monoisotopic (exact) mass is 280 g/mol. The maximum absolute atomic E-state index is 4.62. The van der Waals surface area contributed by atoms with E-state index in [1.54, 1.807) is 0 Å². The van der Waals surface area contributed by atoms with Crippen molar-refractivity contribution in [2.24, 2.45) is 0 Å². The van der Waals surface area contributed by atoms with Crippen molar-refractivity contribution in [1.82, 2.24) is 9.97 Å². The van der Waals surface area contributed by atoms with E-state index in [9.17, 15) is 0 Å². The minimum Gasteiger partial charge on any atom is -0.346 e. The first-order chi connectivity index (χ1) is 10.3. The molecule has 2 heteroatoms. The van der Waals surface area contributed by atoms with Crippen LogP contribution in [0.3, 0.4) is 0 Å². The lowest BCUT2D eigenvalue weighted by Crippen LogP contribution is -2.10.